The van der Waals surface area contributed by atoms with Crippen molar-refractivity contribution in [1.82, 2.24) is 15.8 Å². The van der Waals surface area contributed by atoms with Crippen LogP contribution in [0.25, 0.3) is 0 Å². The maximum Gasteiger partial charge on any atom is 0.283 e. The first kappa shape index (κ1) is 14.8. The molecule has 0 bridgehead atoms. The third kappa shape index (κ3) is 4.17. The van der Waals surface area contributed by atoms with Crippen molar-refractivity contribution in [3.63, 3.8) is 0 Å². The van der Waals surface area contributed by atoms with Crippen LogP contribution in [0.5, 0.6) is 5.75 Å². The van der Waals surface area contributed by atoms with Gasteiger partial charge in [-0.2, -0.15) is 0 Å². The highest BCUT2D eigenvalue weighted by molar-refractivity contribution is 5.96. The van der Waals surface area contributed by atoms with Crippen molar-refractivity contribution < 1.29 is 19.1 Å². The average Bonchev–Trinajstić information content (AvgIpc) is 2.45. The van der Waals surface area contributed by atoms with Gasteiger partial charge in [-0.15, -0.1) is 0 Å². The van der Waals surface area contributed by atoms with E-state index in [1.54, 1.807) is 0 Å². The second-order valence-electron chi connectivity index (χ2n) is 3.36. The molecular formula is C10H15N5O4. The van der Waals surface area contributed by atoms with Gasteiger partial charge in [0.25, 0.3) is 11.8 Å². The van der Waals surface area contributed by atoms with Crippen LogP contribution in [0.2, 0.25) is 0 Å². The summed E-state index contributed by atoms with van der Waals surface area (Å²) in [6.07, 6.45) is 0. The predicted molar refractivity (Wildman–Crippen MR) is 64.9 cm³/mol. The molecule has 0 aliphatic heterocycles. The topological polar surface area (TPSA) is 142 Å². The van der Waals surface area contributed by atoms with Crippen LogP contribution in [-0.4, -0.2) is 37.1 Å². The predicted octanol–water partition coefficient (Wildman–Crippen LogP) is -1.69. The third-order valence-corrected chi connectivity index (χ3v) is 2.08. The van der Waals surface area contributed by atoms with Crippen molar-refractivity contribution in [3.8, 4) is 5.75 Å². The number of carbonyl (C=O) groups excluding carboxylic acids is 2. The second kappa shape index (κ2) is 7.26. The summed E-state index contributed by atoms with van der Waals surface area (Å²) in [6.45, 7) is 0.618. The molecule has 0 aliphatic carbocycles. The molecule has 0 saturated heterocycles. The molecule has 0 spiro atoms. The van der Waals surface area contributed by atoms with Gasteiger partial charge in [0.05, 0.1) is 6.61 Å². The Balaban J connectivity index is 3.02. The van der Waals surface area contributed by atoms with Crippen LogP contribution in [-0.2, 0) is 4.74 Å². The number of nitrogens with two attached hydrogens (primary N) is 2. The molecular weight excluding hydrogens is 254 g/mol. The summed E-state index contributed by atoms with van der Waals surface area (Å²) in [5.41, 5.74) is 3.71. The zero-order valence-electron chi connectivity index (χ0n) is 10.3. The van der Waals surface area contributed by atoms with Gasteiger partial charge in [-0.1, -0.05) is 0 Å². The number of ether oxygens (including phenoxy) is 2. The molecule has 6 N–H and O–H groups in total. The van der Waals surface area contributed by atoms with Gasteiger partial charge in [0, 0.05) is 19.2 Å². The van der Waals surface area contributed by atoms with Crippen LogP contribution in [0.3, 0.4) is 0 Å². The van der Waals surface area contributed by atoms with E-state index in [2.05, 4.69) is 4.98 Å². The van der Waals surface area contributed by atoms with E-state index in [1.165, 1.54) is 19.2 Å². The molecule has 9 nitrogen and oxygen atoms in total. The van der Waals surface area contributed by atoms with Crippen molar-refractivity contribution >= 4 is 11.8 Å². The molecule has 0 unspecified atom stereocenters. The Bertz CT molecular complexity index is 431. The summed E-state index contributed by atoms with van der Waals surface area (Å²) < 4.78 is 10.1. The minimum atomic E-state index is -0.650. The van der Waals surface area contributed by atoms with E-state index in [-0.39, 0.29) is 23.7 Å². The lowest BCUT2D eigenvalue weighted by Crippen LogP contribution is -2.33. The van der Waals surface area contributed by atoms with E-state index in [0.717, 1.165) is 0 Å². The number of methoxy groups -OCH3 is 1. The number of hydrazine groups is 2. The minimum absolute atomic E-state index is 0.0592. The van der Waals surface area contributed by atoms with E-state index in [0.29, 0.717) is 6.61 Å². The molecule has 19 heavy (non-hydrogen) atoms. The fourth-order valence-corrected chi connectivity index (χ4v) is 1.21. The van der Waals surface area contributed by atoms with Gasteiger partial charge in [0.15, 0.2) is 0 Å². The Morgan fingerprint density at radius 3 is 2.11 bits per heavy atom. The highest BCUT2D eigenvalue weighted by Crippen LogP contribution is 2.14. The van der Waals surface area contributed by atoms with Gasteiger partial charge >= 0.3 is 0 Å². The fraction of sp³-hybridized carbons (Fsp3) is 0.300. The largest absolute Gasteiger partial charge is 0.491 e. The smallest absolute Gasteiger partial charge is 0.283 e. The number of rotatable bonds is 6. The number of nitrogens with one attached hydrogen (secondary N) is 2. The first-order valence-corrected chi connectivity index (χ1v) is 5.28. The van der Waals surface area contributed by atoms with Crippen LogP contribution in [0.1, 0.15) is 21.0 Å². The Morgan fingerprint density at radius 1 is 1.16 bits per heavy atom. The van der Waals surface area contributed by atoms with E-state index in [9.17, 15) is 9.59 Å². The molecule has 0 aromatic carbocycles. The van der Waals surface area contributed by atoms with Gasteiger partial charge in [-0.05, 0) is 0 Å². The summed E-state index contributed by atoms with van der Waals surface area (Å²) in [5.74, 6) is 9.00. The third-order valence-electron chi connectivity index (χ3n) is 2.08. The monoisotopic (exact) mass is 269 g/mol. The van der Waals surface area contributed by atoms with E-state index in [4.69, 9.17) is 21.2 Å². The van der Waals surface area contributed by atoms with Gasteiger partial charge in [0.1, 0.15) is 23.7 Å². The zero-order valence-corrected chi connectivity index (χ0v) is 10.3. The Kier molecular flexibility index (Phi) is 5.67. The SMILES string of the molecule is COCCOc1cc(C(=O)NN)nc(C(=O)NN)c1. The number of nitrogens with zero attached hydrogens (tertiary/aromatic N) is 1. The maximum atomic E-state index is 11.4. The molecule has 0 saturated carbocycles. The van der Waals surface area contributed by atoms with Crippen molar-refractivity contribution in [2.24, 2.45) is 11.7 Å². The molecule has 1 heterocycles. The summed E-state index contributed by atoms with van der Waals surface area (Å²) in [6, 6.07) is 2.70. The van der Waals surface area contributed by atoms with Crippen molar-refractivity contribution in [2.45, 2.75) is 0 Å². The van der Waals surface area contributed by atoms with E-state index in [1.807, 2.05) is 10.9 Å². The van der Waals surface area contributed by atoms with Crippen LogP contribution >= 0.6 is 0 Å². The number of nitrogen functional groups attached to an aromatic ring is 2. The minimum Gasteiger partial charge on any atom is -0.491 e. The van der Waals surface area contributed by atoms with Crippen molar-refractivity contribution in [3.05, 3.63) is 23.5 Å². The highest BCUT2D eigenvalue weighted by atomic mass is 16.5. The van der Waals surface area contributed by atoms with E-state index >= 15 is 0 Å². The number of aromatic nitrogens is 1. The van der Waals surface area contributed by atoms with Gasteiger partial charge < -0.3 is 9.47 Å². The number of pyridine rings is 1. The van der Waals surface area contributed by atoms with Gasteiger partial charge in [-0.3, -0.25) is 20.4 Å². The second-order valence-corrected chi connectivity index (χ2v) is 3.36. The van der Waals surface area contributed by atoms with Crippen molar-refractivity contribution in [1.29, 1.82) is 0 Å². The molecule has 104 valence electrons. The zero-order chi connectivity index (χ0) is 14.3. The summed E-state index contributed by atoms with van der Waals surface area (Å²) in [5, 5.41) is 0. The highest BCUT2D eigenvalue weighted by Gasteiger charge is 2.14. The van der Waals surface area contributed by atoms with Crippen LogP contribution in [0.15, 0.2) is 12.1 Å². The molecule has 0 atom stereocenters. The Labute approximate surface area is 109 Å². The number of hydrogen-bond acceptors (Lipinski definition) is 7. The van der Waals surface area contributed by atoms with Crippen LogP contribution in [0, 0.1) is 0 Å². The fourth-order valence-electron chi connectivity index (χ4n) is 1.21. The van der Waals surface area contributed by atoms with Crippen LogP contribution in [0.4, 0.5) is 0 Å². The maximum absolute atomic E-state index is 11.4. The Hall–Kier alpha value is -2.23. The summed E-state index contributed by atoms with van der Waals surface area (Å²) >= 11 is 0. The molecule has 1 rings (SSSR count). The lowest BCUT2D eigenvalue weighted by Gasteiger charge is -2.09. The van der Waals surface area contributed by atoms with Crippen molar-refractivity contribution in [2.75, 3.05) is 20.3 Å². The molecule has 0 aliphatic rings. The van der Waals surface area contributed by atoms with Gasteiger partial charge in [0.2, 0.25) is 0 Å². The first-order valence-electron chi connectivity index (χ1n) is 5.28. The summed E-state index contributed by atoms with van der Waals surface area (Å²) in [4.78, 5) is 26.6. The van der Waals surface area contributed by atoms with E-state index < -0.39 is 11.8 Å². The first-order chi connectivity index (χ1) is 9.12. The quantitative estimate of drug-likeness (QED) is 0.209. The lowest BCUT2D eigenvalue weighted by molar-refractivity contribution is 0.0942. The normalized spacial score (nSPS) is 9.84. The molecule has 9 heteroatoms. The number of amides is 2. The number of hydrogen-bond donors (Lipinski definition) is 4. The summed E-state index contributed by atoms with van der Waals surface area (Å²) in [7, 11) is 1.52. The molecule has 0 fully saturated rings. The molecule has 1 aromatic rings. The van der Waals surface area contributed by atoms with Crippen LogP contribution < -0.4 is 27.3 Å². The molecule has 0 radical (unpaired) electrons. The average molecular weight is 269 g/mol. The standard InChI is InChI=1S/C10H15N5O4/c1-18-2-3-19-6-4-7(9(16)14-11)13-8(5-6)10(17)15-12/h4-5H,2-3,11-12H2,1H3,(H,14,16)(H,15,17). The molecule has 2 amide bonds. The van der Waals surface area contributed by atoms with Gasteiger partial charge in [-0.25, -0.2) is 16.7 Å². The lowest BCUT2D eigenvalue weighted by atomic mass is 10.2. The number of carbonyl (C=O) groups is 2. The molecule has 1 aromatic heterocycles. The Morgan fingerprint density at radius 2 is 1.68 bits per heavy atom.